The second kappa shape index (κ2) is 26.6. The van der Waals surface area contributed by atoms with Crippen molar-refractivity contribution in [3.05, 3.63) is 57.6 Å². The summed E-state index contributed by atoms with van der Waals surface area (Å²) in [5.74, 6) is 1.07. The fourth-order valence-corrected chi connectivity index (χ4v) is 6.03. The Hall–Kier alpha value is -3.17. The van der Waals surface area contributed by atoms with Gasteiger partial charge < -0.3 is 30.0 Å². The molecule has 53 heavy (non-hydrogen) atoms. The van der Waals surface area contributed by atoms with Crippen molar-refractivity contribution in [2.75, 3.05) is 0 Å². The molecule has 1 aliphatic rings. The number of carboxylic acid groups (broad SMARTS) is 2. The number of nitrogens with zero attached hydrogens (tertiary/aromatic N) is 2. The van der Waals surface area contributed by atoms with Crippen molar-refractivity contribution >= 4 is 24.4 Å². The molecule has 1 saturated carbocycles. The minimum Gasteiger partial charge on any atom is -0.550 e. The van der Waals surface area contributed by atoms with Gasteiger partial charge in [0.25, 0.3) is 0 Å². The molecule has 0 spiro atoms. The van der Waals surface area contributed by atoms with Crippen LogP contribution >= 0.6 is 0 Å². The Labute approximate surface area is 331 Å². The van der Waals surface area contributed by atoms with Crippen molar-refractivity contribution in [3.63, 3.8) is 0 Å². The summed E-state index contributed by atoms with van der Waals surface area (Å²) in [5.41, 5.74) is 6.33. The van der Waals surface area contributed by atoms with E-state index in [1.807, 2.05) is 12.4 Å². The van der Waals surface area contributed by atoms with Crippen molar-refractivity contribution in [2.24, 2.45) is 33.7 Å². The molecule has 2 aromatic rings. The molecule has 1 aliphatic carbocycles. The second-order valence-corrected chi connectivity index (χ2v) is 16.1. The van der Waals surface area contributed by atoms with Gasteiger partial charge in [0, 0.05) is 35.5 Å². The first kappa shape index (κ1) is 49.8. The number of phenolic OH excluding ortho intramolecular Hbond substituents is 2. The van der Waals surface area contributed by atoms with E-state index in [2.05, 4.69) is 79.7 Å². The van der Waals surface area contributed by atoms with Gasteiger partial charge in [-0.25, -0.2) is 0 Å². The van der Waals surface area contributed by atoms with Gasteiger partial charge in [0.05, 0.1) is 12.1 Å². The standard InChI is InChI=1S/C40H62N2O2.2C2H4O2.Co/c1-27(2)13-17-31-21-33(19-15-29(5)6)39(43)35(23-31)25-41-37-11-9-10-12-38(37)42-26-36-24-32(18-14-28(3)4)22-34(40(36)44)20-16-30(7)8;2*1-2(3)4;/h21-30,37-38,43-44H,9-20H2,1-8H3;2*1H3,(H,3,4);/q;;;+2/p-2. The largest absolute Gasteiger partial charge is 2.00 e. The summed E-state index contributed by atoms with van der Waals surface area (Å²) >= 11 is 0. The Bertz CT molecular complexity index is 1320. The number of hydrogen-bond donors (Lipinski definition) is 2. The van der Waals surface area contributed by atoms with Crippen LogP contribution in [0.15, 0.2) is 34.3 Å². The quantitative estimate of drug-likeness (QED) is 0.166. The van der Waals surface area contributed by atoms with E-state index < -0.39 is 11.9 Å². The number of hydrogen-bond acceptors (Lipinski definition) is 8. The van der Waals surface area contributed by atoms with E-state index in [0.29, 0.717) is 35.2 Å². The number of aliphatic imine (C=N–C) groups is 2. The summed E-state index contributed by atoms with van der Waals surface area (Å²) in [6.45, 7) is 19.9. The zero-order valence-electron chi connectivity index (χ0n) is 34.2. The summed E-state index contributed by atoms with van der Waals surface area (Å²) in [4.78, 5) is 27.9. The summed E-state index contributed by atoms with van der Waals surface area (Å²) in [5, 5.41) is 40.3. The maximum Gasteiger partial charge on any atom is 2.00 e. The van der Waals surface area contributed by atoms with Gasteiger partial charge in [-0.15, -0.1) is 0 Å². The van der Waals surface area contributed by atoms with Crippen molar-refractivity contribution in [1.82, 2.24) is 0 Å². The van der Waals surface area contributed by atoms with Crippen LogP contribution in [0.4, 0.5) is 0 Å². The summed E-state index contributed by atoms with van der Waals surface area (Å²) < 4.78 is 0. The van der Waals surface area contributed by atoms with Crippen LogP contribution in [0.1, 0.15) is 154 Å². The number of phenols is 2. The van der Waals surface area contributed by atoms with Gasteiger partial charge in [0.15, 0.2) is 0 Å². The number of carbonyl (C=O) groups is 2. The number of aryl methyl sites for hydroxylation is 4. The van der Waals surface area contributed by atoms with Crippen LogP contribution in [0.3, 0.4) is 0 Å². The van der Waals surface area contributed by atoms with Crippen LogP contribution in [0, 0.1) is 23.7 Å². The molecule has 2 unspecified atom stereocenters. The third kappa shape index (κ3) is 22.0. The average molecular weight is 780 g/mol. The molecule has 0 amide bonds. The second-order valence-electron chi connectivity index (χ2n) is 16.1. The Morgan fingerprint density at radius 3 is 1.19 bits per heavy atom. The summed E-state index contributed by atoms with van der Waals surface area (Å²) in [6, 6.07) is 8.85. The molecule has 0 aromatic heterocycles. The Balaban J connectivity index is 0.00000272. The third-order valence-corrected chi connectivity index (χ3v) is 9.06. The molecule has 0 aliphatic heterocycles. The Morgan fingerprint density at radius 2 is 0.906 bits per heavy atom. The van der Waals surface area contributed by atoms with Crippen molar-refractivity contribution < 1.29 is 46.8 Å². The van der Waals surface area contributed by atoms with Crippen LogP contribution in [0.5, 0.6) is 11.5 Å². The molecule has 2 aromatic carbocycles. The molecule has 8 nitrogen and oxygen atoms in total. The van der Waals surface area contributed by atoms with Gasteiger partial charge in [0.2, 0.25) is 0 Å². The van der Waals surface area contributed by atoms with E-state index in [9.17, 15) is 10.2 Å². The average Bonchev–Trinajstić information content (AvgIpc) is 3.04. The molecular weight excluding hydrogens is 711 g/mol. The zero-order chi connectivity index (χ0) is 39.4. The summed E-state index contributed by atoms with van der Waals surface area (Å²) in [7, 11) is 0. The van der Waals surface area contributed by atoms with Crippen molar-refractivity contribution in [2.45, 2.75) is 158 Å². The first-order valence-electron chi connectivity index (χ1n) is 19.5. The van der Waals surface area contributed by atoms with Gasteiger partial charge in [-0.2, -0.15) is 0 Å². The Kier molecular flexibility index (Phi) is 25.0. The van der Waals surface area contributed by atoms with E-state index in [-0.39, 0.29) is 28.9 Å². The Morgan fingerprint density at radius 1 is 0.623 bits per heavy atom. The SMILES string of the molecule is CC(=O)[O-].CC(=O)[O-].CC(C)CCc1cc(C=NC2CCCCC2N=Cc2cc(CCC(C)C)cc(CCC(C)C)c2O)c(O)c(CCC(C)C)c1.[Co+2]. The molecule has 1 radical (unpaired) electrons. The summed E-state index contributed by atoms with van der Waals surface area (Å²) in [6.07, 6.45) is 16.3. The zero-order valence-corrected chi connectivity index (χ0v) is 35.2. The molecule has 0 heterocycles. The maximum absolute atomic E-state index is 11.2. The fraction of sp³-hybridized carbons (Fsp3) is 0.636. The molecular formula is C44H68CoN2O6. The number of carboxylic acids is 2. The smallest absolute Gasteiger partial charge is 0.550 e. The predicted molar refractivity (Wildman–Crippen MR) is 211 cm³/mol. The van der Waals surface area contributed by atoms with Gasteiger partial charge in [-0.3, -0.25) is 9.98 Å². The van der Waals surface area contributed by atoms with E-state index in [0.717, 1.165) is 113 Å². The van der Waals surface area contributed by atoms with Crippen LogP contribution in [-0.2, 0) is 52.1 Å². The molecule has 0 saturated heterocycles. The number of aromatic hydroxyl groups is 2. The first-order valence-corrected chi connectivity index (χ1v) is 19.5. The van der Waals surface area contributed by atoms with Crippen molar-refractivity contribution in [3.8, 4) is 11.5 Å². The van der Waals surface area contributed by atoms with Gasteiger partial charge >= 0.3 is 16.8 Å². The monoisotopic (exact) mass is 779 g/mol. The maximum atomic E-state index is 11.2. The van der Waals surface area contributed by atoms with Crippen LogP contribution in [0.25, 0.3) is 0 Å². The number of carbonyl (C=O) groups excluding carboxylic acids is 2. The molecule has 9 heteroatoms. The normalized spacial score (nSPS) is 15.7. The van der Waals surface area contributed by atoms with Gasteiger partial charge in [0.1, 0.15) is 11.5 Å². The number of benzene rings is 2. The van der Waals surface area contributed by atoms with E-state index in [4.69, 9.17) is 29.8 Å². The molecule has 2 atom stereocenters. The van der Waals surface area contributed by atoms with E-state index in [1.165, 1.54) is 11.1 Å². The fourth-order valence-electron chi connectivity index (χ4n) is 6.03. The van der Waals surface area contributed by atoms with Crippen LogP contribution < -0.4 is 10.2 Å². The van der Waals surface area contributed by atoms with Crippen LogP contribution in [-0.4, -0.2) is 46.7 Å². The van der Waals surface area contributed by atoms with E-state index in [1.54, 1.807) is 0 Å². The van der Waals surface area contributed by atoms with Crippen molar-refractivity contribution in [1.29, 1.82) is 0 Å². The van der Waals surface area contributed by atoms with Gasteiger partial charge in [-0.05, 0) is 136 Å². The number of aliphatic carboxylic acids is 2. The number of rotatable bonds is 16. The molecule has 2 N–H and O–H groups in total. The van der Waals surface area contributed by atoms with E-state index >= 15 is 0 Å². The first-order chi connectivity index (χ1) is 24.4. The molecule has 1 fully saturated rings. The van der Waals surface area contributed by atoms with Gasteiger partial charge in [-0.1, -0.05) is 80.4 Å². The molecule has 3 rings (SSSR count). The predicted octanol–water partition coefficient (Wildman–Crippen LogP) is 7.81. The minimum atomic E-state index is -1.08. The molecule has 0 bridgehead atoms. The molecule has 299 valence electrons. The topological polar surface area (TPSA) is 145 Å². The third-order valence-electron chi connectivity index (χ3n) is 9.06. The minimum absolute atomic E-state index is 0. The van der Waals surface area contributed by atoms with Crippen LogP contribution in [0.2, 0.25) is 0 Å².